The van der Waals surface area contributed by atoms with Crippen LogP contribution in [-0.2, 0) is 15.7 Å². The highest BCUT2D eigenvalue weighted by Crippen LogP contribution is 2.36. The summed E-state index contributed by atoms with van der Waals surface area (Å²) in [6.45, 7) is 0.506. The summed E-state index contributed by atoms with van der Waals surface area (Å²) in [7, 11) is 0. The fourth-order valence-corrected chi connectivity index (χ4v) is 2.30. The lowest BCUT2D eigenvalue weighted by Gasteiger charge is -2.13. The van der Waals surface area contributed by atoms with Gasteiger partial charge in [-0.05, 0) is 31.0 Å². The van der Waals surface area contributed by atoms with Gasteiger partial charge in [-0.3, -0.25) is 4.79 Å². The molecule has 1 atom stereocenters. The van der Waals surface area contributed by atoms with Crippen molar-refractivity contribution in [2.75, 3.05) is 11.9 Å². The van der Waals surface area contributed by atoms with E-state index in [4.69, 9.17) is 4.74 Å². The van der Waals surface area contributed by atoms with Crippen LogP contribution in [0.3, 0.4) is 0 Å². The van der Waals surface area contributed by atoms with Gasteiger partial charge in [-0.1, -0.05) is 15.9 Å². The number of amides is 1. The molecule has 1 amide bonds. The molecule has 1 aliphatic heterocycles. The third-order valence-corrected chi connectivity index (χ3v) is 3.45. The van der Waals surface area contributed by atoms with Crippen molar-refractivity contribution < 1.29 is 22.7 Å². The van der Waals surface area contributed by atoms with Crippen molar-refractivity contribution in [3.8, 4) is 0 Å². The topological polar surface area (TPSA) is 38.3 Å². The van der Waals surface area contributed by atoms with Crippen molar-refractivity contribution in [2.45, 2.75) is 25.1 Å². The summed E-state index contributed by atoms with van der Waals surface area (Å²) >= 11 is 2.84. The SMILES string of the molecule is O=C(Nc1ccc(Br)c(C(F)(F)F)c1)C1CCCO1. The summed E-state index contributed by atoms with van der Waals surface area (Å²) < 4.78 is 43.2. The Balaban J connectivity index is 2.15. The Morgan fingerprint density at radius 2 is 2.16 bits per heavy atom. The number of hydrogen-bond donors (Lipinski definition) is 1. The number of alkyl halides is 3. The van der Waals surface area contributed by atoms with Crippen LogP contribution >= 0.6 is 15.9 Å². The summed E-state index contributed by atoms with van der Waals surface area (Å²) in [5.41, 5.74) is -0.714. The van der Waals surface area contributed by atoms with Crippen molar-refractivity contribution in [3.05, 3.63) is 28.2 Å². The molecular weight excluding hydrogens is 327 g/mol. The second kappa shape index (κ2) is 5.50. The van der Waals surface area contributed by atoms with Gasteiger partial charge in [-0.15, -0.1) is 0 Å². The Morgan fingerprint density at radius 1 is 1.42 bits per heavy atom. The normalized spacial score (nSPS) is 19.5. The van der Waals surface area contributed by atoms with E-state index >= 15 is 0 Å². The summed E-state index contributed by atoms with van der Waals surface area (Å²) in [6.07, 6.45) is -3.66. The van der Waals surface area contributed by atoms with Crippen LogP contribution in [0.2, 0.25) is 0 Å². The lowest BCUT2D eigenvalue weighted by Crippen LogP contribution is -2.27. The van der Waals surface area contributed by atoms with Gasteiger partial charge in [0.2, 0.25) is 0 Å². The second-order valence-corrected chi connectivity index (χ2v) is 5.04. The van der Waals surface area contributed by atoms with Gasteiger partial charge >= 0.3 is 6.18 Å². The Kier molecular flexibility index (Phi) is 4.15. The van der Waals surface area contributed by atoms with Crippen molar-refractivity contribution in [1.82, 2.24) is 0 Å². The standard InChI is InChI=1S/C12H11BrF3NO2/c13-9-4-3-7(6-8(9)12(14,15)16)17-11(18)10-2-1-5-19-10/h3-4,6,10H,1-2,5H2,(H,17,18). The maximum atomic E-state index is 12.7. The van der Waals surface area contributed by atoms with Gasteiger partial charge in [0.25, 0.3) is 5.91 Å². The van der Waals surface area contributed by atoms with Gasteiger partial charge < -0.3 is 10.1 Å². The molecule has 1 fully saturated rings. The zero-order chi connectivity index (χ0) is 14.0. The number of carbonyl (C=O) groups is 1. The van der Waals surface area contributed by atoms with E-state index in [0.29, 0.717) is 13.0 Å². The molecule has 1 aromatic carbocycles. The van der Waals surface area contributed by atoms with E-state index in [2.05, 4.69) is 21.2 Å². The highest BCUT2D eigenvalue weighted by molar-refractivity contribution is 9.10. The number of hydrogen-bond acceptors (Lipinski definition) is 2. The number of benzene rings is 1. The van der Waals surface area contributed by atoms with Crippen LogP contribution in [0, 0.1) is 0 Å². The molecule has 0 radical (unpaired) electrons. The number of ether oxygens (including phenoxy) is 1. The van der Waals surface area contributed by atoms with Crippen LogP contribution < -0.4 is 5.32 Å². The third-order valence-electron chi connectivity index (χ3n) is 2.76. The van der Waals surface area contributed by atoms with Crippen molar-refractivity contribution in [2.24, 2.45) is 0 Å². The van der Waals surface area contributed by atoms with E-state index < -0.39 is 23.8 Å². The Bertz CT molecular complexity index is 484. The van der Waals surface area contributed by atoms with Crippen molar-refractivity contribution in [3.63, 3.8) is 0 Å². The zero-order valence-corrected chi connectivity index (χ0v) is 11.3. The van der Waals surface area contributed by atoms with Crippen LogP contribution in [0.4, 0.5) is 18.9 Å². The number of anilines is 1. The number of nitrogens with one attached hydrogen (secondary N) is 1. The van der Waals surface area contributed by atoms with Gasteiger partial charge in [-0.2, -0.15) is 13.2 Å². The predicted octanol–water partition coefficient (Wildman–Crippen LogP) is 3.59. The summed E-state index contributed by atoms with van der Waals surface area (Å²) in [5.74, 6) is -0.409. The van der Waals surface area contributed by atoms with Crippen molar-refractivity contribution in [1.29, 1.82) is 0 Å². The van der Waals surface area contributed by atoms with Crippen LogP contribution in [0.1, 0.15) is 18.4 Å². The first-order valence-electron chi connectivity index (χ1n) is 5.67. The Hall–Kier alpha value is -1.08. The van der Waals surface area contributed by atoms with Crippen LogP contribution in [-0.4, -0.2) is 18.6 Å². The molecule has 19 heavy (non-hydrogen) atoms. The molecule has 104 valence electrons. The zero-order valence-electron chi connectivity index (χ0n) is 9.76. The fourth-order valence-electron chi connectivity index (χ4n) is 1.83. The van der Waals surface area contributed by atoms with E-state index in [9.17, 15) is 18.0 Å². The number of carbonyl (C=O) groups excluding carboxylic acids is 1. The molecule has 1 aromatic rings. The molecule has 1 N–H and O–H groups in total. The average Bonchev–Trinajstić information content (AvgIpc) is 2.83. The number of rotatable bonds is 2. The van der Waals surface area contributed by atoms with E-state index in [1.54, 1.807) is 0 Å². The highest BCUT2D eigenvalue weighted by Gasteiger charge is 2.33. The van der Waals surface area contributed by atoms with E-state index in [1.165, 1.54) is 12.1 Å². The molecule has 1 saturated heterocycles. The lowest BCUT2D eigenvalue weighted by molar-refractivity contribution is -0.138. The van der Waals surface area contributed by atoms with E-state index in [1.807, 2.05) is 0 Å². The molecule has 3 nitrogen and oxygen atoms in total. The minimum Gasteiger partial charge on any atom is -0.368 e. The fraction of sp³-hybridized carbons (Fsp3) is 0.417. The van der Waals surface area contributed by atoms with Gasteiger partial charge in [0.15, 0.2) is 0 Å². The van der Waals surface area contributed by atoms with Gasteiger partial charge in [0.05, 0.1) is 5.56 Å². The molecule has 0 aliphatic carbocycles. The largest absolute Gasteiger partial charge is 0.417 e. The smallest absolute Gasteiger partial charge is 0.368 e. The Morgan fingerprint density at radius 3 is 2.74 bits per heavy atom. The molecular formula is C12H11BrF3NO2. The van der Waals surface area contributed by atoms with Crippen molar-refractivity contribution >= 4 is 27.5 Å². The molecule has 0 aromatic heterocycles. The molecule has 1 aliphatic rings. The Labute approximate surface area is 116 Å². The molecule has 7 heteroatoms. The minimum absolute atomic E-state index is 0.0601. The first kappa shape index (κ1) is 14.3. The lowest BCUT2D eigenvalue weighted by atomic mass is 10.2. The van der Waals surface area contributed by atoms with Crippen LogP contribution in [0.5, 0.6) is 0 Å². The third kappa shape index (κ3) is 3.48. The summed E-state index contributed by atoms with van der Waals surface area (Å²) in [6, 6.07) is 3.57. The first-order valence-corrected chi connectivity index (χ1v) is 6.46. The van der Waals surface area contributed by atoms with Gasteiger partial charge in [-0.25, -0.2) is 0 Å². The van der Waals surface area contributed by atoms with Gasteiger partial charge in [0, 0.05) is 16.8 Å². The van der Waals surface area contributed by atoms with Crippen LogP contribution in [0.15, 0.2) is 22.7 Å². The summed E-state index contributed by atoms with van der Waals surface area (Å²) in [5, 5.41) is 2.44. The molecule has 0 bridgehead atoms. The molecule has 2 rings (SSSR count). The maximum Gasteiger partial charge on any atom is 0.417 e. The van der Waals surface area contributed by atoms with E-state index in [0.717, 1.165) is 12.5 Å². The average molecular weight is 338 g/mol. The predicted molar refractivity (Wildman–Crippen MR) is 66.7 cm³/mol. The number of halogens is 4. The molecule has 1 heterocycles. The second-order valence-electron chi connectivity index (χ2n) is 4.18. The van der Waals surface area contributed by atoms with Gasteiger partial charge in [0.1, 0.15) is 6.10 Å². The molecule has 0 spiro atoms. The monoisotopic (exact) mass is 337 g/mol. The maximum absolute atomic E-state index is 12.7. The molecule has 0 saturated carbocycles. The first-order chi connectivity index (χ1) is 8.88. The van der Waals surface area contributed by atoms with Crippen LogP contribution in [0.25, 0.3) is 0 Å². The highest BCUT2D eigenvalue weighted by atomic mass is 79.9. The van der Waals surface area contributed by atoms with E-state index in [-0.39, 0.29) is 10.2 Å². The summed E-state index contributed by atoms with van der Waals surface area (Å²) in [4.78, 5) is 11.7. The minimum atomic E-state index is -4.47. The molecule has 1 unspecified atom stereocenters. The quantitative estimate of drug-likeness (QED) is 0.895.